The van der Waals surface area contributed by atoms with Gasteiger partial charge >= 0.3 is 5.97 Å². The predicted octanol–water partition coefficient (Wildman–Crippen LogP) is 4.21. The Morgan fingerprint density at radius 3 is 2.67 bits per heavy atom. The van der Waals surface area contributed by atoms with Crippen LogP contribution in [0.3, 0.4) is 0 Å². The maximum atomic E-state index is 11.8. The van der Waals surface area contributed by atoms with Crippen LogP contribution in [0.1, 0.15) is 15.9 Å². The molecule has 0 fully saturated rings. The van der Waals surface area contributed by atoms with E-state index in [1.54, 1.807) is 18.2 Å². The Morgan fingerprint density at radius 1 is 1.00 bits per heavy atom. The van der Waals surface area contributed by atoms with E-state index in [4.69, 9.17) is 15.9 Å². The van der Waals surface area contributed by atoms with Crippen LogP contribution >= 0.6 is 0 Å². The van der Waals surface area contributed by atoms with Gasteiger partial charge in [-0.05, 0) is 34.5 Å². The van der Waals surface area contributed by atoms with Crippen molar-refractivity contribution in [1.82, 2.24) is 0 Å². The fourth-order valence-corrected chi connectivity index (χ4v) is 2.48. The topological polar surface area (TPSA) is 35.5 Å². The van der Waals surface area contributed by atoms with Gasteiger partial charge in [0.05, 0.1) is 5.56 Å². The van der Waals surface area contributed by atoms with Crippen molar-refractivity contribution in [3.05, 3.63) is 77.9 Å². The van der Waals surface area contributed by atoms with Gasteiger partial charge in [0.2, 0.25) is 0 Å². The lowest BCUT2D eigenvalue weighted by molar-refractivity contribution is 0.0556. The number of fused-ring (bicyclic) bond motifs is 1. The molecule has 24 heavy (non-hydrogen) atoms. The SMILES string of the molecule is C#CCOC(=O)c1cccc(OCc2cccc3ccccc23)c1. The molecule has 0 aliphatic heterocycles. The zero-order valence-corrected chi connectivity index (χ0v) is 13.1. The van der Waals surface area contributed by atoms with Crippen molar-refractivity contribution in [1.29, 1.82) is 0 Å². The summed E-state index contributed by atoms with van der Waals surface area (Å²) >= 11 is 0. The van der Waals surface area contributed by atoms with E-state index in [2.05, 4.69) is 24.1 Å². The lowest BCUT2D eigenvalue weighted by atomic mass is 10.1. The zero-order chi connectivity index (χ0) is 16.8. The van der Waals surface area contributed by atoms with Gasteiger partial charge in [0.25, 0.3) is 0 Å². The van der Waals surface area contributed by atoms with Crippen LogP contribution in [-0.2, 0) is 11.3 Å². The average molecular weight is 316 g/mol. The second-order valence-corrected chi connectivity index (χ2v) is 5.24. The van der Waals surface area contributed by atoms with Crippen molar-refractivity contribution in [2.45, 2.75) is 6.61 Å². The van der Waals surface area contributed by atoms with E-state index in [-0.39, 0.29) is 6.61 Å². The first kappa shape index (κ1) is 15.6. The van der Waals surface area contributed by atoms with Crippen molar-refractivity contribution >= 4 is 16.7 Å². The third-order valence-electron chi connectivity index (χ3n) is 3.63. The zero-order valence-electron chi connectivity index (χ0n) is 13.1. The van der Waals surface area contributed by atoms with Crippen LogP contribution in [-0.4, -0.2) is 12.6 Å². The molecule has 0 aliphatic rings. The normalized spacial score (nSPS) is 10.1. The third kappa shape index (κ3) is 3.56. The van der Waals surface area contributed by atoms with Crippen LogP contribution in [0.15, 0.2) is 66.7 Å². The highest BCUT2D eigenvalue weighted by Gasteiger charge is 2.08. The van der Waals surface area contributed by atoms with Gasteiger partial charge in [-0.25, -0.2) is 4.79 Å². The van der Waals surface area contributed by atoms with Crippen LogP contribution in [0.2, 0.25) is 0 Å². The number of hydrogen-bond acceptors (Lipinski definition) is 3. The quantitative estimate of drug-likeness (QED) is 0.522. The van der Waals surface area contributed by atoms with Gasteiger partial charge in [-0.15, -0.1) is 6.42 Å². The van der Waals surface area contributed by atoms with Crippen molar-refractivity contribution in [3.8, 4) is 18.1 Å². The molecule has 0 aliphatic carbocycles. The molecule has 3 aromatic carbocycles. The van der Waals surface area contributed by atoms with E-state index in [0.717, 1.165) is 10.9 Å². The van der Waals surface area contributed by atoms with Crippen LogP contribution in [0.4, 0.5) is 0 Å². The number of terminal acetylenes is 1. The van der Waals surface area contributed by atoms with Crippen molar-refractivity contribution in [3.63, 3.8) is 0 Å². The highest BCUT2D eigenvalue weighted by Crippen LogP contribution is 2.21. The van der Waals surface area contributed by atoms with Crippen LogP contribution < -0.4 is 4.74 Å². The van der Waals surface area contributed by atoms with Gasteiger partial charge in [-0.1, -0.05) is 54.5 Å². The lowest BCUT2D eigenvalue weighted by Crippen LogP contribution is -2.05. The number of hydrogen-bond donors (Lipinski definition) is 0. The average Bonchev–Trinajstić information content (AvgIpc) is 2.64. The van der Waals surface area contributed by atoms with Gasteiger partial charge in [-0.2, -0.15) is 0 Å². The molecule has 3 heteroatoms. The predicted molar refractivity (Wildman–Crippen MR) is 93.8 cm³/mol. The Labute approximate surface area is 140 Å². The summed E-state index contributed by atoms with van der Waals surface area (Å²) in [6.07, 6.45) is 5.09. The van der Waals surface area contributed by atoms with Crippen LogP contribution in [0, 0.1) is 12.3 Å². The summed E-state index contributed by atoms with van der Waals surface area (Å²) in [7, 11) is 0. The van der Waals surface area contributed by atoms with Crippen LogP contribution in [0.25, 0.3) is 10.8 Å². The maximum absolute atomic E-state index is 11.8. The van der Waals surface area contributed by atoms with E-state index >= 15 is 0 Å². The number of ether oxygens (including phenoxy) is 2. The maximum Gasteiger partial charge on any atom is 0.339 e. The Bertz CT molecular complexity index is 901. The van der Waals surface area contributed by atoms with E-state index in [0.29, 0.717) is 17.9 Å². The standard InChI is InChI=1S/C21H16O3/c1-2-13-23-21(22)17-9-6-11-19(14-17)24-15-18-10-5-8-16-7-3-4-12-20(16)18/h1,3-12,14H,13,15H2. The molecule has 0 amide bonds. The highest BCUT2D eigenvalue weighted by atomic mass is 16.5. The molecule has 3 aromatic rings. The summed E-state index contributed by atoms with van der Waals surface area (Å²) in [5.74, 6) is 2.43. The molecule has 118 valence electrons. The van der Waals surface area contributed by atoms with Gasteiger partial charge < -0.3 is 9.47 Å². The fourth-order valence-electron chi connectivity index (χ4n) is 2.48. The molecule has 0 aromatic heterocycles. The molecule has 0 spiro atoms. The van der Waals surface area contributed by atoms with E-state index in [1.165, 1.54) is 5.39 Å². The molecule has 0 atom stereocenters. The minimum Gasteiger partial charge on any atom is -0.489 e. The lowest BCUT2D eigenvalue weighted by Gasteiger charge is -2.10. The van der Waals surface area contributed by atoms with Gasteiger partial charge in [0.1, 0.15) is 12.4 Å². The number of benzene rings is 3. The van der Waals surface area contributed by atoms with E-state index < -0.39 is 5.97 Å². The van der Waals surface area contributed by atoms with Crippen molar-refractivity contribution in [2.24, 2.45) is 0 Å². The van der Waals surface area contributed by atoms with E-state index in [9.17, 15) is 4.79 Å². The number of carbonyl (C=O) groups is 1. The van der Waals surface area contributed by atoms with Gasteiger partial charge in [-0.3, -0.25) is 0 Å². The smallest absolute Gasteiger partial charge is 0.339 e. The number of carbonyl (C=O) groups excluding carboxylic acids is 1. The summed E-state index contributed by atoms with van der Waals surface area (Å²) in [4.78, 5) is 11.8. The summed E-state index contributed by atoms with van der Waals surface area (Å²) in [6, 6.07) is 21.2. The monoisotopic (exact) mass is 316 g/mol. The molecule has 3 rings (SSSR count). The van der Waals surface area contributed by atoms with E-state index in [1.807, 2.05) is 30.3 Å². The molecular formula is C21H16O3. The summed E-state index contributed by atoms with van der Waals surface area (Å²) in [6.45, 7) is 0.379. The first-order valence-electron chi connectivity index (χ1n) is 7.58. The largest absolute Gasteiger partial charge is 0.489 e. The fraction of sp³-hybridized carbons (Fsp3) is 0.0952. The van der Waals surface area contributed by atoms with Gasteiger partial charge in [0.15, 0.2) is 6.61 Å². The second-order valence-electron chi connectivity index (χ2n) is 5.24. The molecule has 0 radical (unpaired) electrons. The van der Waals surface area contributed by atoms with Crippen molar-refractivity contribution in [2.75, 3.05) is 6.61 Å². The Morgan fingerprint density at radius 2 is 1.79 bits per heavy atom. The summed E-state index contributed by atoms with van der Waals surface area (Å²) in [5.41, 5.74) is 1.51. The molecule has 0 bridgehead atoms. The number of esters is 1. The number of rotatable bonds is 5. The Kier molecular flexibility index (Phi) is 4.78. The molecule has 0 saturated heterocycles. The summed E-state index contributed by atoms with van der Waals surface area (Å²) in [5, 5.41) is 2.33. The Balaban J connectivity index is 1.75. The molecule has 3 nitrogen and oxygen atoms in total. The summed E-state index contributed by atoms with van der Waals surface area (Å²) < 4.78 is 10.8. The molecule has 0 saturated carbocycles. The van der Waals surface area contributed by atoms with Crippen LogP contribution in [0.5, 0.6) is 5.75 Å². The molecule has 0 N–H and O–H groups in total. The van der Waals surface area contributed by atoms with Crippen molar-refractivity contribution < 1.29 is 14.3 Å². The first-order valence-corrected chi connectivity index (χ1v) is 7.58. The Hall–Kier alpha value is -3.25. The second kappa shape index (κ2) is 7.34. The molecule has 0 heterocycles. The first-order chi connectivity index (χ1) is 11.8. The third-order valence-corrected chi connectivity index (χ3v) is 3.63. The van der Waals surface area contributed by atoms with Gasteiger partial charge in [0, 0.05) is 0 Å². The molecular weight excluding hydrogens is 300 g/mol. The minimum absolute atomic E-state index is 0.0417. The highest BCUT2D eigenvalue weighted by molar-refractivity contribution is 5.90. The minimum atomic E-state index is -0.455. The molecule has 0 unspecified atom stereocenters.